The Morgan fingerprint density at radius 1 is 0.980 bits per heavy atom. The zero-order valence-electron chi connectivity index (χ0n) is 31.5. The molecule has 0 amide bonds. The number of phosphoric acid groups is 1. The Balaban J connectivity index is 0.0000120. The third-order valence-electron chi connectivity index (χ3n) is 8.71. The molecule has 2 rings (SSSR count). The molecule has 49 heavy (non-hydrogen) atoms. The Labute approximate surface area is 320 Å². The third kappa shape index (κ3) is 20.1. The van der Waals surface area contributed by atoms with Gasteiger partial charge in [0.2, 0.25) is 5.82 Å². The first-order chi connectivity index (χ1) is 23.1. The van der Waals surface area contributed by atoms with Gasteiger partial charge in [0.05, 0.1) is 31.6 Å². The first-order valence-electron chi connectivity index (χ1n) is 18.3. The SMILES string of the molecule is CCCCCCCCCCCCSC(CCCCCCC)C(C)OCCCOP(=O)(O)OC[C@H]1O[C@@H](n2cc(F)c(=O)[nH]c2=O)C[C@@H]1O.[H-].[Na+]. The number of halogens is 1. The summed E-state index contributed by atoms with van der Waals surface area (Å²) >= 11 is 2.01. The number of nitrogens with zero attached hydrogens (tertiary/aromatic N) is 1. The van der Waals surface area contributed by atoms with Gasteiger partial charge < -0.3 is 20.9 Å². The van der Waals surface area contributed by atoms with Crippen molar-refractivity contribution in [2.75, 3.05) is 25.6 Å². The van der Waals surface area contributed by atoms with E-state index >= 15 is 0 Å². The van der Waals surface area contributed by atoms with Gasteiger partial charge in [0.25, 0.3) is 5.56 Å². The van der Waals surface area contributed by atoms with Crippen molar-refractivity contribution in [2.45, 2.75) is 166 Å². The molecule has 0 aromatic carbocycles. The Morgan fingerprint density at radius 2 is 1.57 bits per heavy atom. The van der Waals surface area contributed by atoms with Gasteiger partial charge in [-0.25, -0.2) is 9.36 Å². The van der Waals surface area contributed by atoms with Crippen LogP contribution in [0.2, 0.25) is 0 Å². The number of H-pyrrole nitrogens is 1. The molecule has 282 valence electrons. The minimum Gasteiger partial charge on any atom is -1.00 e. The molecular weight excluding hydrogens is 685 g/mol. The first-order valence-corrected chi connectivity index (χ1v) is 20.8. The molecule has 1 aromatic heterocycles. The van der Waals surface area contributed by atoms with E-state index in [2.05, 4.69) is 20.8 Å². The van der Waals surface area contributed by atoms with Crippen LogP contribution in [0.4, 0.5) is 4.39 Å². The standard InChI is InChI=1S/C34H62FN2O9PS.Na.H/c1-4-6-8-10-11-12-13-14-16-18-23-48-31(20-17-15-9-7-5-2)27(3)43-21-19-22-44-47(41,42)45-26-30-29(38)24-32(46-30)37-25-28(35)33(39)36-34(37)40;;/h25,27,29-32,38H,4-24,26H2,1-3H3,(H,41,42)(H,36,39,40);;/q;+1;-1/t27?,29-,30+,31?,32+;;/m0../s1. The van der Waals surface area contributed by atoms with Crippen LogP contribution in [0.25, 0.3) is 0 Å². The van der Waals surface area contributed by atoms with Crippen molar-refractivity contribution in [1.29, 1.82) is 0 Å². The Morgan fingerprint density at radius 3 is 2.20 bits per heavy atom. The number of hydrogen-bond donors (Lipinski definition) is 3. The van der Waals surface area contributed by atoms with Gasteiger partial charge in [-0.1, -0.05) is 104 Å². The van der Waals surface area contributed by atoms with Crippen molar-refractivity contribution < 1.29 is 68.5 Å². The van der Waals surface area contributed by atoms with Crippen LogP contribution < -0.4 is 40.8 Å². The maximum absolute atomic E-state index is 13.7. The molecule has 6 atom stereocenters. The van der Waals surface area contributed by atoms with Gasteiger partial charge in [-0.2, -0.15) is 16.2 Å². The molecule has 0 radical (unpaired) electrons. The zero-order chi connectivity index (χ0) is 35.2. The number of phosphoric ester groups is 1. The molecule has 3 N–H and O–H groups in total. The van der Waals surface area contributed by atoms with E-state index in [1.165, 1.54) is 96.3 Å². The average Bonchev–Trinajstić information content (AvgIpc) is 3.42. The average molecular weight is 749 g/mol. The Bertz CT molecular complexity index is 1170. The molecule has 1 aliphatic heterocycles. The first kappa shape index (κ1) is 47.0. The fourth-order valence-electron chi connectivity index (χ4n) is 5.76. The normalized spacial score (nSPS) is 20.2. The number of aliphatic hydroxyl groups excluding tert-OH is 1. The van der Waals surface area contributed by atoms with Gasteiger partial charge in [-0.3, -0.25) is 23.4 Å². The second kappa shape index (κ2) is 27.5. The number of aliphatic hydroxyl groups is 1. The summed E-state index contributed by atoms with van der Waals surface area (Å²) < 4.78 is 48.7. The van der Waals surface area contributed by atoms with Gasteiger partial charge in [-0.15, -0.1) is 0 Å². The molecule has 3 unspecified atom stereocenters. The number of thioether (sulfide) groups is 1. The maximum atomic E-state index is 13.7. The Hall–Kier alpha value is -0.0500. The fraction of sp³-hybridized carbons (Fsp3) is 0.882. The number of ether oxygens (including phenoxy) is 2. The molecule has 1 saturated heterocycles. The van der Waals surface area contributed by atoms with Crippen molar-refractivity contribution in [3.05, 3.63) is 32.9 Å². The minimum atomic E-state index is -4.46. The van der Waals surface area contributed by atoms with Crippen LogP contribution in [0.15, 0.2) is 15.8 Å². The van der Waals surface area contributed by atoms with Gasteiger partial charge in [-0.05, 0) is 31.9 Å². The molecule has 2 heterocycles. The summed E-state index contributed by atoms with van der Waals surface area (Å²) in [5, 5.41) is 10.7. The van der Waals surface area contributed by atoms with Crippen molar-refractivity contribution in [3.8, 4) is 0 Å². The maximum Gasteiger partial charge on any atom is 1.00 e. The topological polar surface area (TPSA) is 149 Å². The number of nitrogens with one attached hydrogen (secondary N) is 1. The molecule has 0 bridgehead atoms. The molecule has 0 spiro atoms. The van der Waals surface area contributed by atoms with Crippen LogP contribution in [0.5, 0.6) is 0 Å². The molecular formula is C34H63FN2NaO9PS. The minimum absolute atomic E-state index is 0. The Kier molecular flexibility index (Phi) is 26.4. The molecule has 11 nitrogen and oxygen atoms in total. The van der Waals surface area contributed by atoms with Crippen LogP contribution in [0, 0.1) is 5.82 Å². The number of hydrogen-bond acceptors (Lipinski definition) is 9. The third-order valence-corrected chi connectivity index (χ3v) is 11.3. The summed E-state index contributed by atoms with van der Waals surface area (Å²) in [6, 6.07) is 0. The quantitative estimate of drug-likeness (QED) is 0.0596. The van der Waals surface area contributed by atoms with E-state index in [4.69, 9.17) is 18.5 Å². The van der Waals surface area contributed by atoms with Crippen LogP contribution >= 0.6 is 19.6 Å². The van der Waals surface area contributed by atoms with E-state index in [1.54, 1.807) is 0 Å². The van der Waals surface area contributed by atoms with Crippen molar-refractivity contribution in [1.82, 2.24) is 9.55 Å². The molecule has 1 aliphatic rings. The van der Waals surface area contributed by atoms with Gasteiger partial charge in [0.15, 0.2) is 0 Å². The van der Waals surface area contributed by atoms with Crippen LogP contribution in [-0.2, 0) is 23.1 Å². The van der Waals surface area contributed by atoms with Crippen molar-refractivity contribution in [3.63, 3.8) is 0 Å². The monoisotopic (exact) mass is 748 g/mol. The number of aromatic nitrogens is 2. The van der Waals surface area contributed by atoms with E-state index in [9.17, 15) is 28.5 Å². The zero-order valence-corrected chi connectivity index (χ0v) is 34.2. The van der Waals surface area contributed by atoms with E-state index in [1.807, 2.05) is 16.7 Å². The number of rotatable bonds is 29. The summed E-state index contributed by atoms with van der Waals surface area (Å²) in [6.07, 6.45) is 18.3. The van der Waals surface area contributed by atoms with Crippen LogP contribution in [0.1, 0.15) is 144 Å². The van der Waals surface area contributed by atoms with Crippen LogP contribution in [0.3, 0.4) is 0 Å². The largest absolute Gasteiger partial charge is 1.00 e. The summed E-state index contributed by atoms with van der Waals surface area (Å²) in [5.74, 6) is -0.0450. The molecule has 1 aromatic rings. The molecule has 0 saturated carbocycles. The summed E-state index contributed by atoms with van der Waals surface area (Å²) in [5.41, 5.74) is -2.07. The second-order valence-electron chi connectivity index (χ2n) is 12.9. The van der Waals surface area contributed by atoms with E-state index in [0.29, 0.717) is 24.5 Å². The van der Waals surface area contributed by atoms with Gasteiger partial charge >= 0.3 is 43.1 Å². The van der Waals surface area contributed by atoms with Gasteiger partial charge in [0, 0.05) is 18.3 Å². The number of unbranched alkanes of at least 4 members (excludes halogenated alkanes) is 13. The predicted octanol–water partition coefficient (Wildman–Crippen LogP) is 4.75. The summed E-state index contributed by atoms with van der Waals surface area (Å²) in [6.45, 7) is 6.42. The predicted molar refractivity (Wildman–Crippen MR) is 190 cm³/mol. The molecule has 15 heteroatoms. The smallest absolute Gasteiger partial charge is 1.00 e. The van der Waals surface area contributed by atoms with Crippen LogP contribution in [-0.4, -0.2) is 68.7 Å². The summed E-state index contributed by atoms with van der Waals surface area (Å²) in [4.78, 5) is 35.2. The molecule has 1 fully saturated rings. The van der Waals surface area contributed by atoms with Crippen molar-refractivity contribution in [2.24, 2.45) is 0 Å². The van der Waals surface area contributed by atoms with E-state index in [0.717, 1.165) is 16.7 Å². The molecule has 0 aliphatic carbocycles. The number of aromatic amines is 1. The van der Waals surface area contributed by atoms with E-state index < -0.39 is 49.9 Å². The summed E-state index contributed by atoms with van der Waals surface area (Å²) in [7, 11) is -4.46. The van der Waals surface area contributed by atoms with Crippen molar-refractivity contribution >= 4 is 19.6 Å². The second-order valence-corrected chi connectivity index (χ2v) is 15.7. The van der Waals surface area contributed by atoms with E-state index in [-0.39, 0.29) is 50.1 Å². The van der Waals surface area contributed by atoms with Gasteiger partial charge in [0.1, 0.15) is 12.3 Å². The fourth-order valence-corrected chi connectivity index (χ4v) is 7.88.